The SMILES string of the molecule is CCNC(C)c1ccc(Br)cc1N1CCC(C)(O)C1. The molecule has 0 spiro atoms. The van der Waals surface area contributed by atoms with Gasteiger partial charge in [-0.05, 0) is 44.5 Å². The maximum atomic E-state index is 10.2. The second kappa shape index (κ2) is 5.81. The van der Waals surface area contributed by atoms with E-state index in [1.807, 2.05) is 6.92 Å². The van der Waals surface area contributed by atoms with Crippen LogP contribution in [0.1, 0.15) is 38.8 Å². The minimum absolute atomic E-state index is 0.318. The van der Waals surface area contributed by atoms with Gasteiger partial charge in [0.1, 0.15) is 0 Å². The summed E-state index contributed by atoms with van der Waals surface area (Å²) >= 11 is 3.55. The van der Waals surface area contributed by atoms with Crippen LogP contribution in [0.4, 0.5) is 5.69 Å². The second-order valence-corrected chi connectivity index (χ2v) is 6.57. The molecule has 1 aromatic carbocycles. The summed E-state index contributed by atoms with van der Waals surface area (Å²) in [5.41, 5.74) is 1.95. The van der Waals surface area contributed by atoms with Gasteiger partial charge in [-0.15, -0.1) is 0 Å². The van der Waals surface area contributed by atoms with E-state index >= 15 is 0 Å². The lowest BCUT2D eigenvalue weighted by Crippen LogP contribution is -2.31. The van der Waals surface area contributed by atoms with Crippen LogP contribution in [-0.4, -0.2) is 30.3 Å². The molecule has 0 radical (unpaired) electrons. The molecule has 1 aromatic rings. The summed E-state index contributed by atoms with van der Waals surface area (Å²) in [6.07, 6.45) is 0.828. The van der Waals surface area contributed by atoms with Crippen LogP contribution in [0.5, 0.6) is 0 Å². The van der Waals surface area contributed by atoms with E-state index in [0.717, 1.165) is 24.0 Å². The maximum absolute atomic E-state index is 10.2. The van der Waals surface area contributed by atoms with Crippen molar-refractivity contribution in [1.29, 1.82) is 0 Å². The molecule has 1 aliphatic heterocycles. The van der Waals surface area contributed by atoms with E-state index in [0.29, 0.717) is 12.6 Å². The van der Waals surface area contributed by atoms with Crippen molar-refractivity contribution in [1.82, 2.24) is 5.32 Å². The Morgan fingerprint density at radius 1 is 1.53 bits per heavy atom. The molecule has 2 unspecified atom stereocenters. The molecule has 1 saturated heterocycles. The van der Waals surface area contributed by atoms with Gasteiger partial charge in [-0.25, -0.2) is 0 Å². The predicted octanol–water partition coefficient (Wildman–Crippen LogP) is 3.08. The fraction of sp³-hybridized carbons (Fsp3) is 0.600. The quantitative estimate of drug-likeness (QED) is 0.892. The summed E-state index contributed by atoms with van der Waals surface area (Å²) in [5.74, 6) is 0. The minimum atomic E-state index is -0.568. The van der Waals surface area contributed by atoms with Gasteiger partial charge in [0, 0.05) is 29.3 Å². The number of β-amino-alcohol motifs (C(OH)–C–C–N with tert-alkyl or cyclic N) is 1. The molecule has 2 N–H and O–H groups in total. The van der Waals surface area contributed by atoms with Crippen molar-refractivity contribution in [2.24, 2.45) is 0 Å². The Morgan fingerprint density at radius 2 is 2.26 bits per heavy atom. The highest BCUT2D eigenvalue weighted by Crippen LogP contribution is 2.34. The highest BCUT2D eigenvalue weighted by atomic mass is 79.9. The van der Waals surface area contributed by atoms with E-state index in [-0.39, 0.29) is 0 Å². The average Bonchev–Trinajstić information content (AvgIpc) is 2.69. The Morgan fingerprint density at radius 3 is 2.84 bits per heavy atom. The maximum Gasteiger partial charge on any atom is 0.0810 e. The van der Waals surface area contributed by atoms with Gasteiger partial charge in [0.25, 0.3) is 0 Å². The van der Waals surface area contributed by atoms with Crippen LogP contribution in [0.25, 0.3) is 0 Å². The highest BCUT2D eigenvalue weighted by molar-refractivity contribution is 9.10. The van der Waals surface area contributed by atoms with Crippen LogP contribution >= 0.6 is 15.9 Å². The molecular formula is C15H23BrN2O. The summed E-state index contributed by atoms with van der Waals surface area (Å²) in [6.45, 7) is 8.79. The first-order chi connectivity index (χ1) is 8.93. The van der Waals surface area contributed by atoms with Crippen molar-refractivity contribution in [2.75, 3.05) is 24.5 Å². The fourth-order valence-corrected chi connectivity index (χ4v) is 3.07. The van der Waals surface area contributed by atoms with Crippen LogP contribution in [0, 0.1) is 0 Å². The number of benzene rings is 1. The van der Waals surface area contributed by atoms with E-state index < -0.39 is 5.60 Å². The molecule has 4 heteroatoms. The Hall–Kier alpha value is -0.580. The molecule has 1 heterocycles. The van der Waals surface area contributed by atoms with Crippen LogP contribution in [0.2, 0.25) is 0 Å². The Kier molecular flexibility index (Phi) is 4.54. The number of hydrogen-bond acceptors (Lipinski definition) is 3. The smallest absolute Gasteiger partial charge is 0.0810 e. The third-order valence-electron chi connectivity index (χ3n) is 3.76. The van der Waals surface area contributed by atoms with Crippen molar-refractivity contribution in [3.8, 4) is 0 Å². The molecule has 1 fully saturated rings. The molecule has 106 valence electrons. The lowest BCUT2D eigenvalue weighted by molar-refractivity contribution is 0.0839. The van der Waals surface area contributed by atoms with Crippen LogP contribution in [0.3, 0.4) is 0 Å². The normalized spacial score (nSPS) is 24.8. The zero-order chi connectivity index (χ0) is 14.0. The summed E-state index contributed by atoms with van der Waals surface area (Å²) in [4.78, 5) is 2.29. The molecular weight excluding hydrogens is 304 g/mol. The van der Waals surface area contributed by atoms with Crippen molar-refractivity contribution >= 4 is 21.6 Å². The summed E-state index contributed by atoms with van der Waals surface area (Å²) in [7, 11) is 0. The predicted molar refractivity (Wildman–Crippen MR) is 83.7 cm³/mol. The molecule has 19 heavy (non-hydrogen) atoms. The Labute approximate surface area is 124 Å². The molecule has 0 amide bonds. The first-order valence-corrected chi connectivity index (χ1v) is 7.72. The number of anilines is 1. The number of rotatable bonds is 4. The molecule has 3 nitrogen and oxygen atoms in total. The third-order valence-corrected chi connectivity index (χ3v) is 4.26. The first-order valence-electron chi connectivity index (χ1n) is 6.93. The van der Waals surface area contributed by atoms with Gasteiger partial charge in [-0.2, -0.15) is 0 Å². The number of aliphatic hydroxyl groups is 1. The zero-order valence-electron chi connectivity index (χ0n) is 11.9. The number of nitrogens with one attached hydrogen (secondary N) is 1. The highest BCUT2D eigenvalue weighted by Gasteiger charge is 2.32. The summed E-state index contributed by atoms with van der Waals surface area (Å²) < 4.78 is 1.08. The molecule has 0 bridgehead atoms. The fourth-order valence-electron chi connectivity index (χ4n) is 2.72. The topological polar surface area (TPSA) is 35.5 Å². The monoisotopic (exact) mass is 326 g/mol. The Bertz CT molecular complexity index is 448. The number of halogens is 1. The minimum Gasteiger partial charge on any atom is -0.388 e. The third kappa shape index (κ3) is 3.50. The van der Waals surface area contributed by atoms with Crippen molar-refractivity contribution in [3.63, 3.8) is 0 Å². The number of nitrogens with zero attached hydrogens (tertiary/aromatic N) is 1. The molecule has 0 saturated carbocycles. The van der Waals surface area contributed by atoms with E-state index in [1.165, 1.54) is 11.3 Å². The van der Waals surface area contributed by atoms with Crippen LogP contribution < -0.4 is 10.2 Å². The Balaban J connectivity index is 2.30. The molecule has 2 atom stereocenters. The molecule has 0 aliphatic carbocycles. The number of hydrogen-bond donors (Lipinski definition) is 2. The standard InChI is InChI=1S/C15H23BrN2O/c1-4-17-11(2)13-6-5-12(16)9-14(13)18-8-7-15(3,19)10-18/h5-6,9,11,17,19H,4,7-8,10H2,1-3H3. The van der Waals surface area contributed by atoms with Crippen molar-refractivity contribution < 1.29 is 5.11 Å². The van der Waals surface area contributed by atoms with Gasteiger partial charge in [-0.3, -0.25) is 0 Å². The van der Waals surface area contributed by atoms with Crippen LogP contribution in [-0.2, 0) is 0 Å². The summed E-state index contributed by atoms with van der Waals surface area (Å²) in [5, 5.41) is 13.6. The van der Waals surface area contributed by atoms with E-state index in [2.05, 4.69) is 58.2 Å². The average molecular weight is 327 g/mol. The van der Waals surface area contributed by atoms with Crippen LogP contribution in [0.15, 0.2) is 22.7 Å². The van der Waals surface area contributed by atoms with Gasteiger partial charge in [0.15, 0.2) is 0 Å². The molecule has 2 rings (SSSR count). The van der Waals surface area contributed by atoms with Crippen molar-refractivity contribution in [3.05, 3.63) is 28.2 Å². The molecule has 1 aliphatic rings. The first kappa shape index (κ1) is 14.8. The largest absolute Gasteiger partial charge is 0.388 e. The van der Waals surface area contributed by atoms with Gasteiger partial charge in [-0.1, -0.05) is 28.9 Å². The van der Waals surface area contributed by atoms with Gasteiger partial charge < -0.3 is 15.3 Å². The van der Waals surface area contributed by atoms with E-state index in [1.54, 1.807) is 0 Å². The van der Waals surface area contributed by atoms with Crippen molar-refractivity contribution in [2.45, 2.75) is 38.8 Å². The van der Waals surface area contributed by atoms with E-state index in [4.69, 9.17) is 0 Å². The van der Waals surface area contributed by atoms with Gasteiger partial charge in [0.05, 0.1) is 5.60 Å². The zero-order valence-corrected chi connectivity index (χ0v) is 13.5. The summed E-state index contributed by atoms with van der Waals surface area (Å²) in [6, 6.07) is 6.73. The van der Waals surface area contributed by atoms with E-state index in [9.17, 15) is 5.11 Å². The van der Waals surface area contributed by atoms with Gasteiger partial charge >= 0.3 is 0 Å². The van der Waals surface area contributed by atoms with Gasteiger partial charge in [0.2, 0.25) is 0 Å². The lowest BCUT2D eigenvalue weighted by atomic mass is 10.0. The second-order valence-electron chi connectivity index (χ2n) is 5.65. The molecule has 0 aromatic heterocycles. The lowest BCUT2D eigenvalue weighted by Gasteiger charge is -2.26.